The van der Waals surface area contributed by atoms with Gasteiger partial charge in [-0.3, -0.25) is 0 Å². The summed E-state index contributed by atoms with van der Waals surface area (Å²) in [6, 6.07) is 20.5. The molecule has 0 spiro atoms. The molecule has 3 nitrogen and oxygen atoms in total. The summed E-state index contributed by atoms with van der Waals surface area (Å²) in [4.78, 5) is 9.45. The molecular weight excluding hydrogens is 284 g/mol. The molecule has 0 amide bonds. The van der Waals surface area contributed by atoms with E-state index in [1.54, 1.807) is 7.11 Å². The number of hydrogen-bond acceptors (Lipinski definition) is 3. The van der Waals surface area contributed by atoms with Gasteiger partial charge in [0.1, 0.15) is 0 Å². The molecule has 0 aliphatic carbocycles. The molecule has 0 bridgehead atoms. The molecule has 2 aromatic carbocycles. The molecule has 0 fully saturated rings. The van der Waals surface area contributed by atoms with Crippen molar-refractivity contribution in [1.29, 1.82) is 0 Å². The molecule has 0 saturated carbocycles. The number of hydrogen-bond donors (Lipinski definition) is 0. The minimum absolute atomic E-state index is 0.609. The third-order valence-corrected chi connectivity index (χ3v) is 3.99. The van der Waals surface area contributed by atoms with Crippen LogP contribution in [0.3, 0.4) is 0 Å². The maximum absolute atomic E-state index is 5.52. The number of pyridine rings is 2. The molecule has 3 heteroatoms. The summed E-state index contributed by atoms with van der Waals surface area (Å²) in [6.45, 7) is 2.08. The Bertz CT molecular complexity index is 1020. The highest BCUT2D eigenvalue weighted by atomic mass is 16.5. The summed E-state index contributed by atoms with van der Waals surface area (Å²) in [5, 5.41) is 2.02. The van der Waals surface area contributed by atoms with Gasteiger partial charge in [-0.1, -0.05) is 42.0 Å². The van der Waals surface area contributed by atoms with Crippen molar-refractivity contribution in [3.63, 3.8) is 0 Å². The van der Waals surface area contributed by atoms with Gasteiger partial charge in [-0.05, 0) is 31.2 Å². The average Bonchev–Trinajstić information content (AvgIpc) is 2.59. The second-order valence-corrected chi connectivity index (χ2v) is 5.63. The molecule has 2 heterocycles. The van der Waals surface area contributed by atoms with E-state index in [0.717, 1.165) is 33.1 Å². The highest BCUT2D eigenvalue weighted by molar-refractivity contribution is 5.96. The first-order chi connectivity index (χ1) is 11.2. The largest absolute Gasteiger partial charge is 0.480 e. The van der Waals surface area contributed by atoms with Crippen LogP contribution in [-0.4, -0.2) is 17.1 Å². The Labute approximate surface area is 134 Å². The van der Waals surface area contributed by atoms with Crippen molar-refractivity contribution in [2.24, 2.45) is 0 Å². The van der Waals surface area contributed by atoms with Gasteiger partial charge in [-0.2, -0.15) is 0 Å². The number of rotatable bonds is 2. The Kier molecular flexibility index (Phi) is 3.19. The first-order valence-corrected chi connectivity index (χ1v) is 7.56. The molecule has 4 rings (SSSR count). The van der Waals surface area contributed by atoms with Gasteiger partial charge in [0.05, 0.1) is 29.2 Å². The zero-order chi connectivity index (χ0) is 15.8. The summed E-state index contributed by atoms with van der Waals surface area (Å²) in [6.07, 6.45) is 0. The van der Waals surface area contributed by atoms with Gasteiger partial charge in [0.2, 0.25) is 5.88 Å². The van der Waals surface area contributed by atoms with Gasteiger partial charge in [-0.25, -0.2) is 9.97 Å². The summed E-state index contributed by atoms with van der Waals surface area (Å²) in [5.41, 5.74) is 5.02. The second-order valence-electron chi connectivity index (χ2n) is 5.63. The van der Waals surface area contributed by atoms with Crippen LogP contribution < -0.4 is 4.74 Å². The highest BCUT2D eigenvalue weighted by Gasteiger charge is 2.10. The predicted molar refractivity (Wildman–Crippen MR) is 93.8 cm³/mol. The zero-order valence-electron chi connectivity index (χ0n) is 13.1. The lowest BCUT2D eigenvalue weighted by Gasteiger charge is -2.09. The van der Waals surface area contributed by atoms with E-state index in [-0.39, 0.29) is 0 Å². The fraction of sp³-hybridized carbons (Fsp3) is 0.100. The fourth-order valence-electron chi connectivity index (χ4n) is 2.85. The first-order valence-electron chi connectivity index (χ1n) is 7.56. The molecule has 0 saturated heterocycles. The monoisotopic (exact) mass is 300 g/mol. The standard InChI is InChI=1S/C20H16N2O/c1-13-6-5-8-14(10-13)18-12-19-16(20(22-18)23-2)11-15-7-3-4-9-17(15)21-19/h3-12H,1-2H3. The van der Waals surface area contributed by atoms with Gasteiger partial charge >= 0.3 is 0 Å². The van der Waals surface area contributed by atoms with E-state index in [4.69, 9.17) is 9.72 Å². The summed E-state index contributed by atoms with van der Waals surface area (Å²) in [5.74, 6) is 0.609. The minimum Gasteiger partial charge on any atom is -0.480 e. The second kappa shape index (κ2) is 5.36. The number of ether oxygens (including phenoxy) is 1. The number of aryl methyl sites for hydroxylation is 1. The van der Waals surface area contributed by atoms with Crippen LogP contribution in [0.2, 0.25) is 0 Å². The third-order valence-electron chi connectivity index (χ3n) is 3.99. The van der Waals surface area contributed by atoms with E-state index in [1.165, 1.54) is 5.56 Å². The van der Waals surface area contributed by atoms with Gasteiger partial charge in [-0.15, -0.1) is 0 Å². The Morgan fingerprint density at radius 2 is 1.70 bits per heavy atom. The van der Waals surface area contributed by atoms with E-state index in [2.05, 4.69) is 42.2 Å². The van der Waals surface area contributed by atoms with Crippen LogP contribution in [0.25, 0.3) is 33.1 Å². The maximum atomic E-state index is 5.52. The molecule has 0 radical (unpaired) electrons. The maximum Gasteiger partial charge on any atom is 0.223 e. The van der Waals surface area contributed by atoms with Gasteiger partial charge in [0.15, 0.2) is 0 Å². The van der Waals surface area contributed by atoms with Gasteiger partial charge < -0.3 is 4.74 Å². The molecule has 0 atom stereocenters. The molecule has 23 heavy (non-hydrogen) atoms. The SMILES string of the molecule is COc1nc(-c2cccc(C)c2)cc2nc3ccccc3cc12. The van der Waals surface area contributed by atoms with Crippen LogP contribution in [-0.2, 0) is 0 Å². The van der Waals surface area contributed by atoms with Crippen LogP contribution in [0, 0.1) is 6.92 Å². The van der Waals surface area contributed by atoms with E-state index in [9.17, 15) is 0 Å². The molecule has 0 N–H and O–H groups in total. The van der Waals surface area contributed by atoms with Crippen LogP contribution in [0.4, 0.5) is 0 Å². The van der Waals surface area contributed by atoms with E-state index in [0.29, 0.717) is 5.88 Å². The quantitative estimate of drug-likeness (QED) is 0.500. The van der Waals surface area contributed by atoms with Crippen LogP contribution in [0.1, 0.15) is 5.56 Å². The van der Waals surface area contributed by atoms with Crippen molar-refractivity contribution >= 4 is 21.8 Å². The van der Waals surface area contributed by atoms with Crippen molar-refractivity contribution in [2.75, 3.05) is 7.11 Å². The topological polar surface area (TPSA) is 35.0 Å². The number of nitrogens with zero attached hydrogens (tertiary/aromatic N) is 2. The molecular formula is C20H16N2O. The smallest absolute Gasteiger partial charge is 0.223 e. The molecule has 0 aliphatic heterocycles. The summed E-state index contributed by atoms with van der Waals surface area (Å²) < 4.78 is 5.52. The van der Waals surface area contributed by atoms with Gasteiger partial charge in [0.25, 0.3) is 0 Å². The average molecular weight is 300 g/mol. The van der Waals surface area contributed by atoms with Crippen molar-refractivity contribution in [1.82, 2.24) is 9.97 Å². The summed E-state index contributed by atoms with van der Waals surface area (Å²) >= 11 is 0. The Balaban J connectivity index is 2.02. The Morgan fingerprint density at radius 3 is 2.52 bits per heavy atom. The van der Waals surface area contributed by atoms with Crippen LogP contribution >= 0.6 is 0 Å². The lowest BCUT2D eigenvalue weighted by atomic mass is 10.1. The zero-order valence-corrected chi connectivity index (χ0v) is 13.1. The van der Waals surface area contributed by atoms with Crippen LogP contribution in [0.15, 0.2) is 60.7 Å². The Morgan fingerprint density at radius 1 is 0.826 bits per heavy atom. The third kappa shape index (κ3) is 2.40. The number of benzene rings is 2. The molecule has 0 aliphatic rings. The summed E-state index contributed by atoms with van der Waals surface area (Å²) in [7, 11) is 1.65. The first kappa shape index (κ1) is 13.7. The number of para-hydroxylation sites is 1. The van der Waals surface area contributed by atoms with Crippen molar-refractivity contribution in [2.45, 2.75) is 6.92 Å². The Hall–Kier alpha value is -2.94. The fourth-order valence-corrected chi connectivity index (χ4v) is 2.85. The normalized spacial score (nSPS) is 11.0. The van der Waals surface area contributed by atoms with Crippen molar-refractivity contribution in [3.05, 3.63) is 66.2 Å². The molecule has 112 valence electrons. The van der Waals surface area contributed by atoms with Gasteiger partial charge in [0, 0.05) is 10.9 Å². The van der Waals surface area contributed by atoms with E-state index in [1.807, 2.05) is 30.3 Å². The molecule has 4 aromatic rings. The number of aromatic nitrogens is 2. The lowest BCUT2D eigenvalue weighted by Crippen LogP contribution is -1.94. The predicted octanol–water partition coefficient (Wildman–Crippen LogP) is 4.77. The minimum atomic E-state index is 0.609. The van der Waals surface area contributed by atoms with E-state index < -0.39 is 0 Å². The molecule has 2 aromatic heterocycles. The number of methoxy groups -OCH3 is 1. The number of fused-ring (bicyclic) bond motifs is 2. The highest BCUT2D eigenvalue weighted by Crippen LogP contribution is 2.30. The van der Waals surface area contributed by atoms with Crippen LogP contribution in [0.5, 0.6) is 5.88 Å². The van der Waals surface area contributed by atoms with E-state index >= 15 is 0 Å². The lowest BCUT2D eigenvalue weighted by molar-refractivity contribution is 0.404. The van der Waals surface area contributed by atoms with Crippen molar-refractivity contribution in [3.8, 4) is 17.1 Å². The van der Waals surface area contributed by atoms with Crippen molar-refractivity contribution < 1.29 is 4.74 Å². The molecule has 0 unspecified atom stereocenters.